The van der Waals surface area contributed by atoms with Crippen molar-refractivity contribution in [2.24, 2.45) is 5.92 Å². The standard InChI is InChI=1S/C16H16ClFN2O4/c17-11-7-10(1-2-12(11)18)20-14(21)8-13(15(20)22)19-5-3-9(4-6-19)16(23)24/h1-2,7,9,13H,3-6,8H2,(H,23,24). The van der Waals surface area contributed by atoms with Crippen molar-refractivity contribution in [2.75, 3.05) is 18.0 Å². The molecule has 2 saturated heterocycles. The molecule has 2 fully saturated rings. The topological polar surface area (TPSA) is 77.9 Å². The van der Waals surface area contributed by atoms with E-state index in [0.717, 1.165) is 11.0 Å². The largest absolute Gasteiger partial charge is 0.481 e. The fourth-order valence-corrected chi connectivity index (χ4v) is 3.43. The summed E-state index contributed by atoms with van der Waals surface area (Å²) in [6, 6.07) is 3.11. The fraction of sp³-hybridized carbons (Fsp3) is 0.438. The number of carbonyl (C=O) groups excluding carboxylic acids is 2. The Morgan fingerprint density at radius 3 is 2.50 bits per heavy atom. The Morgan fingerprint density at radius 2 is 1.92 bits per heavy atom. The van der Waals surface area contributed by atoms with E-state index in [2.05, 4.69) is 0 Å². The van der Waals surface area contributed by atoms with E-state index >= 15 is 0 Å². The molecule has 2 aliphatic rings. The SMILES string of the molecule is O=C(O)C1CCN(C2CC(=O)N(c3ccc(F)c(Cl)c3)C2=O)CC1. The van der Waals surface area contributed by atoms with Gasteiger partial charge in [0.05, 0.1) is 29.1 Å². The van der Waals surface area contributed by atoms with Crippen molar-refractivity contribution in [3.63, 3.8) is 0 Å². The third-order valence-electron chi connectivity index (χ3n) is 4.60. The molecule has 1 atom stereocenters. The lowest BCUT2D eigenvalue weighted by Crippen LogP contribution is -2.46. The van der Waals surface area contributed by atoms with Gasteiger partial charge in [-0.3, -0.25) is 19.3 Å². The maximum Gasteiger partial charge on any atom is 0.306 e. The molecule has 3 rings (SSSR count). The molecule has 0 aromatic heterocycles. The number of carboxylic acid groups (broad SMARTS) is 1. The highest BCUT2D eigenvalue weighted by Gasteiger charge is 2.44. The third kappa shape index (κ3) is 3.01. The van der Waals surface area contributed by atoms with Crippen LogP contribution >= 0.6 is 11.6 Å². The van der Waals surface area contributed by atoms with Crippen LogP contribution in [0.15, 0.2) is 18.2 Å². The normalized spacial score (nSPS) is 23.1. The van der Waals surface area contributed by atoms with Crippen LogP contribution in [0.2, 0.25) is 5.02 Å². The first-order valence-corrected chi connectivity index (χ1v) is 8.05. The van der Waals surface area contributed by atoms with Crippen LogP contribution in [0.25, 0.3) is 0 Å². The fourth-order valence-electron chi connectivity index (χ4n) is 3.25. The summed E-state index contributed by atoms with van der Waals surface area (Å²) in [5.74, 6) is -2.59. The van der Waals surface area contributed by atoms with Gasteiger partial charge in [0.15, 0.2) is 0 Å². The first kappa shape index (κ1) is 16.9. The number of benzene rings is 1. The Kier molecular flexibility index (Phi) is 4.56. The Hall–Kier alpha value is -1.99. The molecule has 0 aliphatic carbocycles. The van der Waals surface area contributed by atoms with E-state index in [1.54, 1.807) is 0 Å². The van der Waals surface area contributed by atoms with Crippen LogP contribution < -0.4 is 4.90 Å². The summed E-state index contributed by atoms with van der Waals surface area (Å²) in [7, 11) is 0. The number of halogens is 2. The maximum atomic E-state index is 13.3. The van der Waals surface area contributed by atoms with Gasteiger partial charge < -0.3 is 5.11 Å². The van der Waals surface area contributed by atoms with Crippen molar-refractivity contribution in [3.05, 3.63) is 29.0 Å². The van der Waals surface area contributed by atoms with Gasteiger partial charge in [0.1, 0.15) is 5.82 Å². The van der Waals surface area contributed by atoms with E-state index in [4.69, 9.17) is 16.7 Å². The second-order valence-corrected chi connectivity index (χ2v) is 6.44. The van der Waals surface area contributed by atoms with Gasteiger partial charge in [-0.15, -0.1) is 0 Å². The zero-order valence-corrected chi connectivity index (χ0v) is 13.5. The predicted molar refractivity (Wildman–Crippen MR) is 84.2 cm³/mol. The van der Waals surface area contributed by atoms with Crippen LogP contribution in [-0.4, -0.2) is 46.9 Å². The minimum Gasteiger partial charge on any atom is -0.481 e. The third-order valence-corrected chi connectivity index (χ3v) is 4.89. The van der Waals surface area contributed by atoms with E-state index in [9.17, 15) is 18.8 Å². The highest BCUT2D eigenvalue weighted by atomic mass is 35.5. The molecule has 2 amide bonds. The van der Waals surface area contributed by atoms with Crippen LogP contribution in [0.3, 0.4) is 0 Å². The van der Waals surface area contributed by atoms with Crippen LogP contribution in [-0.2, 0) is 14.4 Å². The van der Waals surface area contributed by atoms with E-state index < -0.39 is 23.7 Å². The molecule has 6 nitrogen and oxygen atoms in total. The van der Waals surface area contributed by atoms with E-state index in [1.807, 2.05) is 4.90 Å². The van der Waals surface area contributed by atoms with Crippen molar-refractivity contribution in [3.8, 4) is 0 Å². The van der Waals surface area contributed by atoms with Crippen LogP contribution in [0, 0.1) is 11.7 Å². The smallest absolute Gasteiger partial charge is 0.306 e. The summed E-state index contributed by atoms with van der Waals surface area (Å²) in [5.41, 5.74) is 0.249. The van der Waals surface area contributed by atoms with Gasteiger partial charge in [-0.2, -0.15) is 0 Å². The first-order chi connectivity index (χ1) is 11.4. The predicted octanol–water partition coefficient (Wildman–Crippen LogP) is 1.91. The quantitative estimate of drug-likeness (QED) is 0.839. The van der Waals surface area contributed by atoms with Crippen molar-refractivity contribution < 1.29 is 23.9 Å². The first-order valence-electron chi connectivity index (χ1n) is 7.67. The minimum absolute atomic E-state index is 0.0333. The molecule has 0 radical (unpaired) electrons. The van der Waals surface area contributed by atoms with Gasteiger partial charge in [-0.1, -0.05) is 11.6 Å². The number of anilines is 1. The number of carboxylic acids is 1. The van der Waals surface area contributed by atoms with Crippen molar-refractivity contribution >= 4 is 35.1 Å². The Balaban J connectivity index is 1.75. The number of carbonyl (C=O) groups is 3. The molecule has 2 aliphatic heterocycles. The van der Waals surface area contributed by atoms with Crippen LogP contribution in [0.5, 0.6) is 0 Å². The van der Waals surface area contributed by atoms with Gasteiger partial charge in [0.25, 0.3) is 5.91 Å². The number of hydrogen-bond acceptors (Lipinski definition) is 4. The molecular formula is C16H16ClFN2O4. The zero-order chi connectivity index (χ0) is 17.4. The molecule has 1 aromatic rings. The molecule has 128 valence electrons. The molecule has 1 aromatic carbocycles. The molecule has 8 heteroatoms. The maximum absolute atomic E-state index is 13.3. The van der Waals surface area contributed by atoms with Gasteiger partial charge >= 0.3 is 5.97 Å². The summed E-state index contributed by atoms with van der Waals surface area (Å²) in [6.45, 7) is 0.914. The van der Waals surface area contributed by atoms with E-state index in [-0.39, 0.29) is 28.9 Å². The second kappa shape index (κ2) is 6.49. The summed E-state index contributed by atoms with van der Waals surface area (Å²) < 4.78 is 13.3. The van der Waals surface area contributed by atoms with Gasteiger partial charge in [-0.05, 0) is 44.1 Å². The summed E-state index contributed by atoms with van der Waals surface area (Å²) in [6.07, 6.45) is 0.941. The van der Waals surface area contributed by atoms with Gasteiger partial charge in [0, 0.05) is 0 Å². The highest BCUT2D eigenvalue weighted by molar-refractivity contribution is 6.31. The lowest BCUT2D eigenvalue weighted by atomic mass is 9.96. The molecule has 24 heavy (non-hydrogen) atoms. The monoisotopic (exact) mass is 354 g/mol. The van der Waals surface area contributed by atoms with Gasteiger partial charge in [-0.25, -0.2) is 9.29 Å². The molecule has 1 N–H and O–H groups in total. The molecule has 0 bridgehead atoms. The number of aliphatic carboxylic acids is 1. The summed E-state index contributed by atoms with van der Waals surface area (Å²) >= 11 is 5.73. The number of rotatable bonds is 3. The van der Waals surface area contributed by atoms with E-state index in [1.165, 1.54) is 12.1 Å². The number of piperidine rings is 1. The molecule has 1 unspecified atom stereocenters. The lowest BCUT2D eigenvalue weighted by molar-refractivity contribution is -0.143. The molecule has 0 saturated carbocycles. The summed E-state index contributed by atoms with van der Waals surface area (Å²) in [4.78, 5) is 38.8. The summed E-state index contributed by atoms with van der Waals surface area (Å²) in [5, 5.41) is 8.88. The van der Waals surface area contributed by atoms with Gasteiger partial charge in [0.2, 0.25) is 5.91 Å². The number of nitrogens with zero attached hydrogens (tertiary/aromatic N) is 2. The Labute approximate surface area is 142 Å². The number of imide groups is 1. The molecular weight excluding hydrogens is 339 g/mol. The average molecular weight is 355 g/mol. The number of hydrogen-bond donors (Lipinski definition) is 1. The van der Waals surface area contributed by atoms with Crippen molar-refractivity contribution in [1.82, 2.24) is 4.90 Å². The lowest BCUT2D eigenvalue weighted by Gasteiger charge is -2.33. The van der Waals surface area contributed by atoms with Crippen LogP contribution in [0.4, 0.5) is 10.1 Å². The number of likely N-dealkylation sites (tertiary alicyclic amines) is 1. The molecule has 0 spiro atoms. The Morgan fingerprint density at radius 1 is 1.25 bits per heavy atom. The van der Waals surface area contributed by atoms with E-state index in [0.29, 0.717) is 25.9 Å². The number of amides is 2. The average Bonchev–Trinajstić information content (AvgIpc) is 2.85. The van der Waals surface area contributed by atoms with Crippen LogP contribution in [0.1, 0.15) is 19.3 Å². The highest BCUT2D eigenvalue weighted by Crippen LogP contribution is 2.30. The van der Waals surface area contributed by atoms with Crippen molar-refractivity contribution in [1.29, 1.82) is 0 Å². The minimum atomic E-state index is -0.828. The van der Waals surface area contributed by atoms with Crippen molar-refractivity contribution in [2.45, 2.75) is 25.3 Å². The molecule has 2 heterocycles. The second-order valence-electron chi connectivity index (χ2n) is 6.03. The zero-order valence-electron chi connectivity index (χ0n) is 12.7. The Bertz CT molecular complexity index is 703.